The molecule has 0 amide bonds. The van der Waals surface area contributed by atoms with E-state index >= 15 is 0 Å². The molecule has 35 heavy (non-hydrogen) atoms. The number of alkyl halides is 2. The Kier molecular flexibility index (Phi) is 6.11. The van der Waals surface area contributed by atoms with Crippen molar-refractivity contribution < 1.29 is 13.5 Å². The molecule has 1 saturated heterocycles. The van der Waals surface area contributed by atoms with E-state index in [4.69, 9.17) is 26.3 Å². The minimum atomic E-state index is -2.97. The molecule has 8 heteroatoms. The Labute approximate surface area is 214 Å². The Morgan fingerprint density at radius 2 is 2.03 bits per heavy atom. The maximum atomic E-state index is 14.4. The van der Waals surface area contributed by atoms with Gasteiger partial charge >= 0.3 is 0 Å². The minimum absolute atomic E-state index is 0.0628. The second-order valence-corrected chi connectivity index (χ2v) is 12.0. The van der Waals surface area contributed by atoms with Gasteiger partial charge in [-0.05, 0) is 74.6 Å². The number of likely N-dealkylation sites (tertiary alicyclic amines) is 1. The molecule has 2 fully saturated rings. The lowest BCUT2D eigenvalue weighted by Gasteiger charge is -2.45. The van der Waals surface area contributed by atoms with Crippen LogP contribution in [0.4, 0.5) is 8.78 Å². The Balaban J connectivity index is 1.15. The number of pyridine rings is 1. The molecule has 0 radical (unpaired) electrons. The summed E-state index contributed by atoms with van der Waals surface area (Å²) in [5.41, 5.74) is 4.30. The number of hydrogen-bond acceptors (Lipinski definition) is 5. The molecule has 1 aliphatic carbocycles. The number of nitrogens with zero attached hydrogens (tertiary/aromatic N) is 3. The number of halogens is 3. The summed E-state index contributed by atoms with van der Waals surface area (Å²) >= 11 is 7.40. The largest absolute Gasteiger partial charge is 0.363 e. The number of hydrogen-bond donors (Lipinski definition) is 0. The van der Waals surface area contributed by atoms with Gasteiger partial charge in [-0.1, -0.05) is 23.7 Å². The Bertz CT molecular complexity index is 1180. The van der Waals surface area contributed by atoms with Gasteiger partial charge in [0.1, 0.15) is 12.2 Å². The molecule has 6 rings (SSSR count). The molecule has 1 unspecified atom stereocenters. The highest BCUT2D eigenvalue weighted by Gasteiger charge is 2.51. The average Bonchev–Trinajstić information content (AvgIpc) is 3.64. The second kappa shape index (κ2) is 9.02. The molecule has 4 nitrogen and oxygen atoms in total. The van der Waals surface area contributed by atoms with Crippen LogP contribution >= 0.6 is 22.9 Å². The maximum absolute atomic E-state index is 14.4. The van der Waals surface area contributed by atoms with Crippen molar-refractivity contribution in [1.82, 2.24) is 9.88 Å². The van der Waals surface area contributed by atoms with Crippen molar-refractivity contribution in [1.29, 1.82) is 0 Å². The summed E-state index contributed by atoms with van der Waals surface area (Å²) < 4.78 is 35.1. The fraction of sp³-hybridized carbons (Fsp3) is 0.556. The predicted molar refractivity (Wildman–Crippen MR) is 136 cm³/mol. The van der Waals surface area contributed by atoms with Gasteiger partial charge in [0.2, 0.25) is 0 Å². The highest BCUT2D eigenvalue weighted by molar-refractivity contribution is 7.16. The van der Waals surface area contributed by atoms with E-state index in [1.165, 1.54) is 41.4 Å². The highest BCUT2D eigenvalue weighted by atomic mass is 35.5. The smallest absolute Gasteiger partial charge is 0.297 e. The number of thiophene rings is 1. The van der Waals surface area contributed by atoms with E-state index in [-0.39, 0.29) is 11.6 Å². The van der Waals surface area contributed by atoms with Gasteiger partial charge in [-0.3, -0.25) is 14.9 Å². The second-order valence-electron chi connectivity index (χ2n) is 10.3. The molecular formula is C27H30ClF2N3OS. The van der Waals surface area contributed by atoms with Crippen LogP contribution in [0.15, 0.2) is 41.0 Å². The normalized spacial score (nSPS) is 26.1. The van der Waals surface area contributed by atoms with E-state index in [9.17, 15) is 8.78 Å². The minimum Gasteiger partial charge on any atom is -0.363 e. The van der Waals surface area contributed by atoms with Crippen LogP contribution in [0.5, 0.6) is 0 Å². The molecule has 1 saturated carbocycles. The van der Waals surface area contributed by atoms with Crippen LogP contribution in [0.1, 0.15) is 79.1 Å². The molecule has 3 aliphatic heterocycles. The molecule has 1 atom stereocenters. The van der Waals surface area contributed by atoms with Crippen LogP contribution in [-0.4, -0.2) is 41.8 Å². The van der Waals surface area contributed by atoms with Crippen molar-refractivity contribution in [3.8, 4) is 0 Å². The fourth-order valence-corrected chi connectivity index (χ4v) is 7.28. The summed E-state index contributed by atoms with van der Waals surface area (Å²) in [6, 6.07) is 5.82. The van der Waals surface area contributed by atoms with Crippen molar-refractivity contribution >= 4 is 28.6 Å². The summed E-state index contributed by atoms with van der Waals surface area (Å²) in [6.07, 6.45) is 10.1. The summed E-state index contributed by atoms with van der Waals surface area (Å²) in [5, 5.41) is 0. The predicted octanol–water partition coefficient (Wildman–Crippen LogP) is 7.01. The van der Waals surface area contributed by atoms with Crippen molar-refractivity contribution in [2.75, 3.05) is 26.2 Å². The van der Waals surface area contributed by atoms with Crippen molar-refractivity contribution in [3.63, 3.8) is 0 Å². The summed E-state index contributed by atoms with van der Waals surface area (Å²) in [4.78, 5) is 12.9. The van der Waals surface area contributed by atoms with Gasteiger partial charge in [0.05, 0.1) is 16.1 Å². The number of ether oxygens (including phenoxy) is 1. The average molecular weight is 518 g/mol. The zero-order valence-electron chi connectivity index (χ0n) is 19.9. The molecule has 0 aromatic carbocycles. The number of rotatable bonds is 4. The van der Waals surface area contributed by atoms with E-state index in [1.807, 2.05) is 12.3 Å². The van der Waals surface area contributed by atoms with Gasteiger partial charge in [-0.15, -0.1) is 11.3 Å². The zero-order chi connectivity index (χ0) is 24.2. The number of aromatic nitrogens is 1. The lowest BCUT2D eigenvalue weighted by Crippen LogP contribution is -2.49. The standard InChI is InChI=1S/C27H30ClF2N3OS/c1-17-19(4-2-6-22(32-17)24-20(18-7-8-18)5-3-11-31-24)15-33-12-9-26(10-13-33)25-21(14-23(28)35-25)27(29,30)16-34-26/h3-5,11,14,18,22H,2,6-10,12-13,15-16H2,1H3. The zero-order valence-corrected chi connectivity index (χ0v) is 21.5. The third-order valence-electron chi connectivity index (χ3n) is 7.95. The Morgan fingerprint density at radius 3 is 2.80 bits per heavy atom. The third kappa shape index (κ3) is 4.50. The maximum Gasteiger partial charge on any atom is 0.297 e. The SMILES string of the molecule is CC1=NC(c2ncccc2C2CC2)CCC=C1CN1CCC2(CC1)OCC(F)(F)c1cc(Cl)sc12. The molecule has 4 aliphatic rings. The van der Waals surface area contributed by atoms with Gasteiger partial charge in [0.15, 0.2) is 0 Å². The van der Waals surface area contributed by atoms with E-state index in [1.54, 1.807) is 0 Å². The van der Waals surface area contributed by atoms with Crippen molar-refractivity contribution in [2.45, 2.75) is 68.9 Å². The molecule has 0 N–H and O–H groups in total. The third-order valence-corrected chi connectivity index (χ3v) is 9.40. The molecule has 2 aromatic heterocycles. The van der Waals surface area contributed by atoms with Crippen molar-refractivity contribution in [3.05, 3.63) is 62.1 Å². The summed E-state index contributed by atoms with van der Waals surface area (Å²) in [5.74, 6) is -2.31. The Morgan fingerprint density at radius 1 is 1.23 bits per heavy atom. The molecule has 0 bridgehead atoms. The van der Waals surface area contributed by atoms with Crippen LogP contribution in [0, 0.1) is 0 Å². The van der Waals surface area contributed by atoms with Gasteiger partial charge in [0, 0.05) is 42.0 Å². The first-order valence-corrected chi connectivity index (χ1v) is 13.8. The van der Waals surface area contributed by atoms with Crippen LogP contribution in [0.25, 0.3) is 0 Å². The van der Waals surface area contributed by atoms with Crippen molar-refractivity contribution in [2.24, 2.45) is 4.99 Å². The van der Waals surface area contributed by atoms with Crippen LogP contribution in [0.3, 0.4) is 0 Å². The van der Waals surface area contributed by atoms with Gasteiger partial charge < -0.3 is 4.74 Å². The Hall–Kier alpha value is -1.67. The molecule has 1 spiro atoms. The first kappa shape index (κ1) is 23.7. The quantitative estimate of drug-likeness (QED) is 0.438. The number of allylic oxidation sites excluding steroid dienone is 1. The van der Waals surface area contributed by atoms with Crippen LogP contribution in [0.2, 0.25) is 4.34 Å². The van der Waals surface area contributed by atoms with E-state index in [0.717, 1.165) is 43.9 Å². The van der Waals surface area contributed by atoms with E-state index in [0.29, 0.717) is 28.0 Å². The number of fused-ring (bicyclic) bond motifs is 2. The molecule has 5 heterocycles. The van der Waals surface area contributed by atoms with E-state index in [2.05, 4.69) is 24.0 Å². The fourth-order valence-electron chi connectivity index (χ4n) is 5.80. The summed E-state index contributed by atoms with van der Waals surface area (Å²) in [6.45, 7) is 3.95. The first-order chi connectivity index (χ1) is 16.8. The van der Waals surface area contributed by atoms with Crippen LogP contribution < -0.4 is 0 Å². The van der Waals surface area contributed by atoms with Gasteiger partial charge in [-0.2, -0.15) is 8.78 Å². The summed E-state index contributed by atoms with van der Waals surface area (Å²) in [7, 11) is 0. The van der Waals surface area contributed by atoms with Crippen LogP contribution in [-0.2, 0) is 16.3 Å². The molecule has 2 aromatic rings. The monoisotopic (exact) mass is 517 g/mol. The highest BCUT2D eigenvalue weighted by Crippen LogP contribution is 2.52. The number of piperidine rings is 1. The number of aliphatic imine (C=N–C) groups is 1. The van der Waals surface area contributed by atoms with E-state index < -0.39 is 18.1 Å². The molecular weight excluding hydrogens is 488 g/mol. The topological polar surface area (TPSA) is 37.7 Å². The lowest BCUT2D eigenvalue weighted by atomic mass is 9.84. The first-order valence-electron chi connectivity index (χ1n) is 12.6. The van der Waals surface area contributed by atoms with Gasteiger partial charge in [-0.25, -0.2) is 0 Å². The van der Waals surface area contributed by atoms with Gasteiger partial charge in [0.25, 0.3) is 5.92 Å². The lowest BCUT2D eigenvalue weighted by molar-refractivity contribution is -0.181. The molecule has 186 valence electrons.